The molecular formula is C9H8N4OS. The maximum atomic E-state index is 11.5. The number of hydrogen-bond donors (Lipinski definition) is 0. The lowest BCUT2D eigenvalue weighted by molar-refractivity contribution is 0.104. The van der Waals surface area contributed by atoms with E-state index >= 15 is 0 Å². The zero-order valence-electron chi connectivity index (χ0n) is 7.99. The molecule has 2 heterocycles. The Bertz CT molecular complexity index is 486. The highest BCUT2D eigenvalue weighted by Crippen LogP contribution is 2.06. The van der Waals surface area contributed by atoms with Gasteiger partial charge in [0.1, 0.15) is 6.33 Å². The smallest absolute Gasteiger partial charge is 0.214 e. The molecular weight excluding hydrogens is 212 g/mol. The molecule has 0 saturated heterocycles. The molecule has 0 saturated carbocycles. The van der Waals surface area contributed by atoms with Crippen molar-refractivity contribution >= 4 is 23.2 Å². The van der Waals surface area contributed by atoms with E-state index in [1.165, 1.54) is 23.7 Å². The number of hydrogen-bond acceptors (Lipinski definition) is 5. The monoisotopic (exact) mass is 220 g/mol. The summed E-state index contributed by atoms with van der Waals surface area (Å²) in [6, 6.07) is 0. The average molecular weight is 220 g/mol. The first-order valence-corrected chi connectivity index (χ1v) is 5.11. The molecule has 6 heteroatoms. The van der Waals surface area contributed by atoms with E-state index in [1.807, 2.05) is 0 Å². The first-order valence-electron chi connectivity index (χ1n) is 4.23. The normalized spacial score (nSPS) is 11.0. The molecule has 0 aliphatic heterocycles. The quantitative estimate of drug-likeness (QED) is 0.575. The van der Waals surface area contributed by atoms with Crippen LogP contribution < -0.4 is 0 Å². The van der Waals surface area contributed by atoms with Crippen molar-refractivity contribution in [3.05, 3.63) is 34.8 Å². The van der Waals surface area contributed by atoms with Crippen molar-refractivity contribution in [2.45, 2.75) is 0 Å². The lowest BCUT2D eigenvalue weighted by atomic mass is 10.3. The SMILES string of the molecule is Cn1ncnc1/C=C/C(=O)c1nccs1. The molecule has 0 unspecified atom stereocenters. The number of nitrogens with zero attached hydrogens (tertiary/aromatic N) is 4. The van der Waals surface area contributed by atoms with Crippen LogP contribution in [0.1, 0.15) is 15.6 Å². The van der Waals surface area contributed by atoms with Crippen LogP contribution in [0.5, 0.6) is 0 Å². The molecule has 2 aromatic heterocycles. The number of carbonyl (C=O) groups is 1. The molecule has 2 rings (SSSR count). The van der Waals surface area contributed by atoms with Crippen molar-refractivity contribution in [3.8, 4) is 0 Å². The largest absolute Gasteiger partial charge is 0.287 e. The summed E-state index contributed by atoms with van der Waals surface area (Å²) in [4.78, 5) is 19.4. The van der Waals surface area contributed by atoms with E-state index in [0.29, 0.717) is 10.8 Å². The Morgan fingerprint density at radius 1 is 1.53 bits per heavy atom. The van der Waals surface area contributed by atoms with Crippen LogP contribution in [0.25, 0.3) is 6.08 Å². The number of allylic oxidation sites excluding steroid dienone is 1. The molecule has 0 aliphatic carbocycles. The molecule has 0 amide bonds. The highest BCUT2D eigenvalue weighted by molar-refractivity contribution is 7.11. The van der Waals surface area contributed by atoms with Crippen molar-refractivity contribution in [1.82, 2.24) is 19.7 Å². The third-order valence-corrected chi connectivity index (χ3v) is 2.56. The van der Waals surface area contributed by atoms with Gasteiger partial charge in [-0.1, -0.05) is 0 Å². The van der Waals surface area contributed by atoms with Gasteiger partial charge in [0, 0.05) is 18.6 Å². The Labute approximate surface area is 90.1 Å². The zero-order valence-corrected chi connectivity index (χ0v) is 8.81. The van der Waals surface area contributed by atoms with E-state index in [1.54, 1.807) is 29.4 Å². The summed E-state index contributed by atoms with van der Waals surface area (Å²) in [6.07, 6.45) is 6.11. The van der Waals surface area contributed by atoms with Crippen LogP contribution in [-0.4, -0.2) is 25.5 Å². The molecule has 0 N–H and O–H groups in total. The molecule has 76 valence electrons. The van der Waals surface area contributed by atoms with Crippen molar-refractivity contribution in [1.29, 1.82) is 0 Å². The lowest BCUT2D eigenvalue weighted by Crippen LogP contribution is -1.96. The molecule has 15 heavy (non-hydrogen) atoms. The van der Waals surface area contributed by atoms with Crippen LogP contribution >= 0.6 is 11.3 Å². The van der Waals surface area contributed by atoms with E-state index in [-0.39, 0.29) is 5.78 Å². The molecule has 0 bridgehead atoms. The predicted octanol–water partition coefficient (Wildman–Crippen LogP) is 1.17. The first-order chi connectivity index (χ1) is 7.27. The fourth-order valence-corrected chi connectivity index (χ4v) is 1.58. The number of aromatic nitrogens is 4. The van der Waals surface area contributed by atoms with Crippen molar-refractivity contribution in [2.24, 2.45) is 7.05 Å². The lowest BCUT2D eigenvalue weighted by Gasteiger charge is -1.90. The minimum Gasteiger partial charge on any atom is -0.287 e. The summed E-state index contributed by atoms with van der Waals surface area (Å²) in [6.45, 7) is 0. The van der Waals surface area contributed by atoms with Gasteiger partial charge in [-0.3, -0.25) is 4.79 Å². The van der Waals surface area contributed by atoms with E-state index < -0.39 is 0 Å². The summed E-state index contributed by atoms with van der Waals surface area (Å²) in [7, 11) is 1.76. The van der Waals surface area contributed by atoms with E-state index in [0.717, 1.165) is 0 Å². The van der Waals surface area contributed by atoms with Crippen LogP contribution in [-0.2, 0) is 7.05 Å². The van der Waals surface area contributed by atoms with Gasteiger partial charge in [-0.2, -0.15) is 5.10 Å². The van der Waals surface area contributed by atoms with E-state index in [9.17, 15) is 4.79 Å². The topological polar surface area (TPSA) is 60.7 Å². The summed E-state index contributed by atoms with van der Waals surface area (Å²) in [5.41, 5.74) is 0. The van der Waals surface area contributed by atoms with Crippen LogP contribution in [0.2, 0.25) is 0 Å². The van der Waals surface area contributed by atoms with Crippen molar-refractivity contribution < 1.29 is 4.79 Å². The summed E-state index contributed by atoms with van der Waals surface area (Å²) >= 11 is 1.32. The van der Waals surface area contributed by atoms with Gasteiger partial charge in [0.05, 0.1) is 0 Å². The second kappa shape index (κ2) is 4.14. The minimum atomic E-state index is -0.118. The van der Waals surface area contributed by atoms with Gasteiger partial charge in [-0.05, 0) is 12.2 Å². The molecule has 0 fully saturated rings. The van der Waals surface area contributed by atoms with E-state index in [4.69, 9.17) is 0 Å². The van der Waals surface area contributed by atoms with Gasteiger partial charge in [-0.15, -0.1) is 11.3 Å². The number of carbonyl (C=O) groups excluding carboxylic acids is 1. The Morgan fingerprint density at radius 3 is 3.00 bits per heavy atom. The van der Waals surface area contributed by atoms with Gasteiger partial charge in [-0.25, -0.2) is 14.6 Å². The Hall–Kier alpha value is -1.82. The molecule has 0 radical (unpaired) electrons. The maximum absolute atomic E-state index is 11.5. The number of ketones is 1. The fourth-order valence-electron chi connectivity index (χ4n) is 1.02. The fraction of sp³-hybridized carbons (Fsp3) is 0.111. The zero-order chi connectivity index (χ0) is 10.7. The molecule has 2 aromatic rings. The average Bonchev–Trinajstić information content (AvgIpc) is 2.85. The molecule has 0 spiro atoms. The Kier molecular flexibility index (Phi) is 2.68. The second-order valence-corrected chi connectivity index (χ2v) is 3.67. The number of aryl methyl sites for hydroxylation is 1. The Morgan fingerprint density at radius 2 is 2.40 bits per heavy atom. The Balaban J connectivity index is 2.13. The minimum absolute atomic E-state index is 0.118. The van der Waals surface area contributed by atoms with E-state index in [2.05, 4.69) is 15.1 Å². The summed E-state index contributed by atoms with van der Waals surface area (Å²) < 4.78 is 1.59. The standard InChI is InChI=1S/C9H8N4OS/c1-13-8(11-6-12-13)3-2-7(14)9-10-4-5-15-9/h2-6H,1H3/b3-2+. The third-order valence-electron chi connectivity index (χ3n) is 1.77. The number of rotatable bonds is 3. The first kappa shape index (κ1) is 9.72. The molecule has 5 nitrogen and oxygen atoms in total. The van der Waals surface area contributed by atoms with Crippen molar-refractivity contribution in [3.63, 3.8) is 0 Å². The summed E-state index contributed by atoms with van der Waals surface area (Å²) in [5, 5.41) is 6.13. The van der Waals surface area contributed by atoms with Crippen LogP contribution in [0.15, 0.2) is 24.0 Å². The second-order valence-electron chi connectivity index (χ2n) is 2.78. The van der Waals surface area contributed by atoms with Gasteiger partial charge < -0.3 is 0 Å². The molecule has 0 atom stereocenters. The predicted molar refractivity (Wildman–Crippen MR) is 56.5 cm³/mol. The highest BCUT2D eigenvalue weighted by atomic mass is 32.1. The van der Waals surface area contributed by atoms with Crippen LogP contribution in [0, 0.1) is 0 Å². The molecule has 0 aromatic carbocycles. The maximum Gasteiger partial charge on any atom is 0.214 e. The van der Waals surface area contributed by atoms with Crippen molar-refractivity contribution in [2.75, 3.05) is 0 Å². The van der Waals surface area contributed by atoms with Crippen LogP contribution in [0.3, 0.4) is 0 Å². The third kappa shape index (κ3) is 2.16. The molecule has 0 aliphatic rings. The van der Waals surface area contributed by atoms with Gasteiger partial charge in [0.2, 0.25) is 5.78 Å². The van der Waals surface area contributed by atoms with Crippen LogP contribution in [0.4, 0.5) is 0 Å². The highest BCUT2D eigenvalue weighted by Gasteiger charge is 2.04. The number of thiazole rings is 1. The van der Waals surface area contributed by atoms with Gasteiger partial charge >= 0.3 is 0 Å². The van der Waals surface area contributed by atoms with Gasteiger partial charge in [0.15, 0.2) is 10.8 Å². The van der Waals surface area contributed by atoms with Gasteiger partial charge in [0.25, 0.3) is 0 Å². The summed E-state index contributed by atoms with van der Waals surface area (Å²) in [5.74, 6) is 0.521.